The molecule has 0 aromatic heterocycles. The number of nitrogens with one attached hydrogen (secondary N) is 1. The fourth-order valence-electron chi connectivity index (χ4n) is 7.62. The molecule has 1 saturated heterocycles. The lowest BCUT2D eigenvalue weighted by Crippen LogP contribution is -2.60. The average molecular weight is 816 g/mol. The number of hydrogen-bond donors (Lipinski definition) is 8. The predicted octanol–water partition coefficient (Wildman–Crippen LogP) is 7.67. The van der Waals surface area contributed by atoms with Crippen molar-refractivity contribution in [3.63, 3.8) is 0 Å². The van der Waals surface area contributed by atoms with Crippen molar-refractivity contribution in [1.29, 1.82) is 0 Å². The topological polar surface area (TPSA) is 189 Å². The van der Waals surface area contributed by atoms with Crippen LogP contribution in [0.3, 0.4) is 0 Å². The van der Waals surface area contributed by atoms with Gasteiger partial charge in [-0.3, -0.25) is 4.79 Å². The molecule has 11 nitrogen and oxygen atoms in total. The highest BCUT2D eigenvalue weighted by molar-refractivity contribution is 5.80. The van der Waals surface area contributed by atoms with Crippen molar-refractivity contribution >= 4 is 5.91 Å². The van der Waals surface area contributed by atoms with Gasteiger partial charge in [-0.25, -0.2) is 0 Å². The van der Waals surface area contributed by atoms with Gasteiger partial charge in [0, 0.05) is 0 Å². The number of aliphatic hydroxyl groups excluding tert-OH is 7. The van der Waals surface area contributed by atoms with E-state index in [1.807, 2.05) is 0 Å². The van der Waals surface area contributed by atoms with Crippen molar-refractivity contribution < 1.29 is 50.0 Å². The van der Waals surface area contributed by atoms with Crippen LogP contribution < -0.4 is 5.32 Å². The van der Waals surface area contributed by atoms with Crippen LogP contribution in [0.15, 0.2) is 12.2 Å². The first kappa shape index (κ1) is 53.9. The van der Waals surface area contributed by atoms with Crippen LogP contribution >= 0.6 is 0 Å². The molecular weight excluding hydrogens is 727 g/mol. The molecule has 1 aliphatic rings. The van der Waals surface area contributed by atoms with Crippen LogP contribution in [0.1, 0.15) is 206 Å². The second-order valence-electron chi connectivity index (χ2n) is 16.8. The van der Waals surface area contributed by atoms with Gasteiger partial charge in [0.2, 0.25) is 5.91 Å². The summed E-state index contributed by atoms with van der Waals surface area (Å²) < 4.78 is 11.1. The van der Waals surface area contributed by atoms with Gasteiger partial charge >= 0.3 is 0 Å². The molecule has 1 fully saturated rings. The van der Waals surface area contributed by atoms with Gasteiger partial charge in [0.15, 0.2) is 6.29 Å². The highest BCUT2D eigenvalue weighted by Gasteiger charge is 2.44. The first-order chi connectivity index (χ1) is 27.7. The van der Waals surface area contributed by atoms with E-state index in [1.165, 1.54) is 128 Å². The molecule has 57 heavy (non-hydrogen) atoms. The molecule has 0 aromatic rings. The van der Waals surface area contributed by atoms with Crippen LogP contribution in [0.2, 0.25) is 0 Å². The van der Waals surface area contributed by atoms with Gasteiger partial charge in [0.25, 0.3) is 0 Å². The van der Waals surface area contributed by atoms with E-state index in [2.05, 4.69) is 31.3 Å². The molecule has 8 N–H and O–H groups in total. The molecule has 0 bridgehead atoms. The average Bonchev–Trinajstić information content (AvgIpc) is 3.21. The summed E-state index contributed by atoms with van der Waals surface area (Å²) >= 11 is 0. The first-order valence-corrected chi connectivity index (χ1v) is 23.6. The van der Waals surface area contributed by atoms with Crippen molar-refractivity contribution in [3.05, 3.63) is 12.2 Å². The van der Waals surface area contributed by atoms with Crippen LogP contribution in [0, 0.1) is 0 Å². The molecule has 9 atom stereocenters. The number of amides is 1. The molecule has 1 heterocycles. The molecule has 338 valence electrons. The van der Waals surface area contributed by atoms with E-state index < -0.39 is 74.2 Å². The molecule has 1 aliphatic heterocycles. The molecule has 0 spiro atoms. The normalized spacial score (nSPS) is 22.2. The van der Waals surface area contributed by atoms with Gasteiger partial charge in [-0.05, 0) is 38.5 Å². The molecule has 0 aromatic carbocycles. The SMILES string of the molecule is CCCCCCCCC/C=C/CCC[C@@H](O)[C@@H](O)[C@H](CO[C@@H]1O[C@H](CO)[C@@H](O)[C@H](O)[C@H]1O)NC(=O)[C@H](O)CCCCCCCCCCCCCCCCCCCC. The van der Waals surface area contributed by atoms with E-state index in [0.717, 1.165) is 38.5 Å². The third-order valence-corrected chi connectivity index (χ3v) is 11.6. The van der Waals surface area contributed by atoms with Crippen molar-refractivity contribution in [2.75, 3.05) is 13.2 Å². The fourth-order valence-corrected chi connectivity index (χ4v) is 7.62. The second kappa shape index (κ2) is 36.7. The predicted molar refractivity (Wildman–Crippen MR) is 229 cm³/mol. The van der Waals surface area contributed by atoms with Gasteiger partial charge in [0.1, 0.15) is 36.6 Å². The first-order valence-electron chi connectivity index (χ1n) is 23.6. The lowest BCUT2D eigenvalue weighted by atomic mass is 9.98. The smallest absolute Gasteiger partial charge is 0.249 e. The number of ether oxygens (including phenoxy) is 2. The lowest BCUT2D eigenvalue weighted by molar-refractivity contribution is -0.303. The maximum absolute atomic E-state index is 13.1. The van der Waals surface area contributed by atoms with Crippen LogP contribution in [0.4, 0.5) is 0 Å². The molecule has 0 saturated carbocycles. The molecule has 0 unspecified atom stereocenters. The number of carbonyl (C=O) groups excluding carboxylic acids is 1. The second-order valence-corrected chi connectivity index (χ2v) is 16.8. The van der Waals surface area contributed by atoms with Gasteiger partial charge in [-0.15, -0.1) is 0 Å². The Bertz CT molecular complexity index is 939. The van der Waals surface area contributed by atoms with E-state index in [-0.39, 0.29) is 12.8 Å². The van der Waals surface area contributed by atoms with Gasteiger partial charge < -0.3 is 50.5 Å². The maximum Gasteiger partial charge on any atom is 0.249 e. The number of aliphatic hydroxyl groups is 7. The van der Waals surface area contributed by atoms with E-state index in [1.54, 1.807) is 0 Å². The summed E-state index contributed by atoms with van der Waals surface area (Å²) in [6.45, 7) is 3.42. The summed E-state index contributed by atoms with van der Waals surface area (Å²) in [5.41, 5.74) is 0. The van der Waals surface area contributed by atoms with E-state index in [4.69, 9.17) is 9.47 Å². The van der Waals surface area contributed by atoms with Crippen LogP contribution in [0.25, 0.3) is 0 Å². The summed E-state index contributed by atoms with van der Waals surface area (Å²) in [4.78, 5) is 13.1. The van der Waals surface area contributed by atoms with Crippen molar-refractivity contribution in [2.45, 2.75) is 262 Å². The summed E-state index contributed by atoms with van der Waals surface area (Å²) in [7, 11) is 0. The van der Waals surface area contributed by atoms with E-state index in [9.17, 15) is 40.5 Å². The van der Waals surface area contributed by atoms with E-state index >= 15 is 0 Å². The zero-order valence-corrected chi connectivity index (χ0v) is 36.3. The molecule has 0 radical (unpaired) electrons. The van der Waals surface area contributed by atoms with Crippen LogP contribution in [-0.4, -0.2) is 110 Å². The van der Waals surface area contributed by atoms with Gasteiger partial charge in [-0.2, -0.15) is 0 Å². The summed E-state index contributed by atoms with van der Waals surface area (Å²) in [5, 5.41) is 75.6. The minimum atomic E-state index is -1.66. The Morgan fingerprint density at radius 2 is 1.04 bits per heavy atom. The number of hydrogen-bond acceptors (Lipinski definition) is 10. The minimum Gasteiger partial charge on any atom is -0.394 e. The Morgan fingerprint density at radius 1 is 0.596 bits per heavy atom. The zero-order valence-electron chi connectivity index (χ0n) is 36.3. The third-order valence-electron chi connectivity index (χ3n) is 11.6. The van der Waals surface area contributed by atoms with Crippen molar-refractivity contribution in [1.82, 2.24) is 5.32 Å². The summed E-state index contributed by atoms with van der Waals surface area (Å²) in [5.74, 6) is -0.705. The molecular formula is C46H89NO10. The standard InChI is InChI=1S/C46H89NO10/c1-3-5-7-9-11-13-15-17-18-19-20-21-22-24-26-28-30-32-34-39(50)45(55)47-37(36-56-46-44(54)43(53)42(52)40(35-48)57-46)41(51)38(49)33-31-29-27-25-23-16-14-12-10-8-6-4-2/h25,27,37-44,46,48-54H,3-24,26,28-36H2,1-2H3,(H,47,55)/b27-25+/t37-,38+,39+,40+,41-,42+,43-,44+,46+/m0/s1. The monoisotopic (exact) mass is 816 g/mol. The quantitative estimate of drug-likeness (QED) is 0.0226. The number of rotatable bonds is 39. The largest absolute Gasteiger partial charge is 0.394 e. The molecule has 1 rings (SSSR count). The third kappa shape index (κ3) is 26.6. The Balaban J connectivity index is 2.43. The van der Waals surface area contributed by atoms with Gasteiger partial charge in [0.05, 0.1) is 25.4 Å². The van der Waals surface area contributed by atoms with Gasteiger partial charge in [-0.1, -0.05) is 180 Å². The molecule has 0 aliphatic carbocycles. The highest BCUT2D eigenvalue weighted by Crippen LogP contribution is 2.23. The Labute approximate surface area is 347 Å². The number of unbranched alkanes of at least 4 members (excludes halogenated alkanes) is 25. The van der Waals surface area contributed by atoms with Crippen LogP contribution in [0.5, 0.6) is 0 Å². The Hall–Kier alpha value is -1.15. The molecule has 1 amide bonds. The maximum atomic E-state index is 13.1. The van der Waals surface area contributed by atoms with E-state index in [0.29, 0.717) is 12.8 Å². The minimum absolute atomic E-state index is 0.259. The fraction of sp³-hybridized carbons (Fsp3) is 0.935. The highest BCUT2D eigenvalue weighted by atomic mass is 16.7. The summed E-state index contributed by atoms with van der Waals surface area (Å²) in [6, 6.07) is -1.18. The molecule has 11 heteroatoms. The summed E-state index contributed by atoms with van der Waals surface area (Å²) in [6.07, 6.45) is 26.9. The number of carbonyl (C=O) groups is 1. The zero-order chi connectivity index (χ0) is 41.9. The van der Waals surface area contributed by atoms with Crippen molar-refractivity contribution in [3.8, 4) is 0 Å². The lowest BCUT2D eigenvalue weighted by Gasteiger charge is -2.40. The number of allylic oxidation sites excluding steroid dienone is 2. The Morgan fingerprint density at radius 3 is 1.51 bits per heavy atom. The van der Waals surface area contributed by atoms with Crippen molar-refractivity contribution in [2.24, 2.45) is 0 Å². The Kier molecular flexibility index (Phi) is 34.7. The van der Waals surface area contributed by atoms with Crippen LogP contribution in [-0.2, 0) is 14.3 Å².